The molecule has 1 amide bonds. The van der Waals surface area contributed by atoms with Crippen molar-refractivity contribution < 1.29 is 33.7 Å². The molecule has 0 unspecified atom stereocenters. The summed E-state index contributed by atoms with van der Waals surface area (Å²) in [6.45, 7) is 0.0486. The molecular formula is C26H27NO7Se. The molecule has 2 heterocycles. The molecule has 8 nitrogen and oxygen atoms in total. The number of carbonyl (C=O) groups excluding carboxylic acids is 3. The Bertz CT molecular complexity index is 1100. The van der Waals surface area contributed by atoms with Gasteiger partial charge in [-0.2, -0.15) is 0 Å². The first kappa shape index (κ1) is 23.9. The predicted molar refractivity (Wildman–Crippen MR) is 126 cm³/mol. The van der Waals surface area contributed by atoms with Crippen LogP contribution >= 0.6 is 0 Å². The Labute approximate surface area is 209 Å². The van der Waals surface area contributed by atoms with Crippen molar-refractivity contribution in [3.05, 3.63) is 66.2 Å². The second-order valence-electron chi connectivity index (χ2n) is 9.14. The van der Waals surface area contributed by atoms with Crippen molar-refractivity contribution in [1.29, 1.82) is 0 Å². The van der Waals surface area contributed by atoms with Gasteiger partial charge in [0.2, 0.25) is 0 Å². The Balaban J connectivity index is 1.46. The van der Waals surface area contributed by atoms with E-state index < -0.39 is 47.7 Å². The topological polar surface area (TPSA) is 102 Å². The zero-order valence-electron chi connectivity index (χ0n) is 19.2. The third-order valence-corrected chi connectivity index (χ3v) is 10.0. The summed E-state index contributed by atoms with van der Waals surface area (Å²) in [5.41, 5.74) is -0.316. The van der Waals surface area contributed by atoms with Crippen LogP contribution in [0, 0.1) is 5.92 Å². The summed E-state index contributed by atoms with van der Waals surface area (Å²) < 4.78 is 17.6. The van der Waals surface area contributed by atoms with Crippen molar-refractivity contribution in [2.75, 3.05) is 7.11 Å². The van der Waals surface area contributed by atoms with E-state index in [1.54, 1.807) is 0 Å². The van der Waals surface area contributed by atoms with Gasteiger partial charge in [-0.05, 0) is 0 Å². The Morgan fingerprint density at radius 2 is 1.83 bits per heavy atom. The summed E-state index contributed by atoms with van der Waals surface area (Å²) in [6, 6.07) is 17.6. The van der Waals surface area contributed by atoms with Crippen LogP contribution in [0.4, 0.5) is 4.79 Å². The molecule has 2 aromatic rings. The first-order valence-corrected chi connectivity index (χ1v) is 13.5. The number of aliphatic hydroxyl groups excluding tert-OH is 1. The van der Waals surface area contributed by atoms with Crippen LogP contribution in [0.15, 0.2) is 60.7 Å². The zero-order valence-corrected chi connectivity index (χ0v) is 21.0. The quantitative estimate of drug-likeness (QED) is 0.348. The Morgan fingerprint density at radius 3 is 2.51 bits per heavy atom. The number of hydrogen-bond donors (Lipinski definition) is 1. The number of methoxy groups -OCH3 is 1. The monoisotopic (exact) mass is 545 g/mol. The van der Waals surface area contributed by atoms with Crippen LogP contribution in [0.5, 0.6) is 0 Å². The maximum atomic E-state index is 13.4. The van der Waals surface area contributed by atoms with E-state index in [1.807, 2.05) is 60.7 Å². The van der Waals surface area contributed by atoms with Gasteiger partial charge in [-0.3, -0.25) is 0 Å². The van der Waals surface area contributed by atoms with Gasteiger partial charge in [0.1, 0.15) is 0 Å². The number of hydrogen-bond acceptors (Lipinski definition) is 7. The van der Waals surface area contributed by atoms with Gasteiger partial charge in [0.05, 0.1) is 0 Å². The number of carbonyl (C=O) groups is 3. The fraction of sp³-hybridized carbons (Fsp3) is 0.423. The first-order valence-electron chi connectivity index (χ1n) is 11.6. The molecule has 1 spiro atoms. The van der Waals surface area contributed by atoms with Crippen molar-refractivity contribution in [3.8, 4) is 0 Å². The molecule has 1 aliphatic carbocycles. The summed E-state index contributed by atoms with van der Waals surface area (Å²) in [7, 11) is 1.27. The normalized spacial score (nSPS) is 31.3. The number of benzene rings is 2. The predicted octanol–water partition coefficient (Wildman–Crippen LogP) is 1.82. The number of amides is 1. The van der Waals surface area contributed by atoms with Gasteiger partial charge in [0, 0.05) is 0 Å². The molecule has 2 aromatic carbocycles. The van der Waals surface area contributed by atoms with Crippen LogP contribution < -0.4 is 4.46 Å². The number of rotatable bonds is 5. The van der Waals surface area contributed by atoms with E-state index in [2.05, 4.69) is 0 Å². The van der Waals surface area contributed by atoms with Crippen molar-refractivity contribution in [2.24, 2.45) is 5.92 Å². The summed E-state index contributed by atoms with van der Waals surface area (Å²) in [5, 5.41) is 11.4. The molecular weight excluding hydrogens is 517 g/mol. The van der Waals surface area contributed by atoms with E-state index in [-0.39, 0.29) is 39.2 Å². The van der Waals surface area contributed by atoms with Crippen molar-refractivity contribution in [2.45, 2.75) is 54.5 Å². The van der Waals surface area contributed by atoms with E-state index in [0.717, 1.165) is 10.0 Å². The number of nitrogens with zero attached hydrogens (tertiary/aromatic N) is 1. The minimum atomic E-state index is -1.13. The maximum absolute atomic E-state index is 13.4. The van der Waals surface area contributed by atoms with Crippen molar-refractivity contribution >= 4 is 37.5 Å². The van der Waals surface area contributed by atoms with Gasteiger partial charge in [0.15, 0.2) is 0 Å². The van der Waals surface area contributed by atoms with Crippen molar-refractivity contribution in [1.82, 2.24) is 4.90 Å². The summed E-state index contributed by atoms with van der Waals surface area (Å²) in [6.07, 6.45) is -0.900. The molecule has 184 valence electrons. The SMILES string of the molecule is COC(=O)[C@@H]1C[C@@]23OC(=O)C[C@@H]2[C@H](O)[C@@H]([Se]c2ccccc2)C[C@H]3N1C(=O)OCc1ccccc1. The fourth-order valence-corrected chi connectivity index (χ4v) is 8.36. The van der Waals surface area contributed by atoms with E-state index in [0.29, 0.717) is 6.42 Å². The Hall–Kier alpha value is -2.87. The molecule has 9 heteroatoms. The Morgan fingerprint density at radius 1 is 1.14 bits per heavy atom. The van der Waals surface area contributed by atoms with E-state index in [9.17, 15) is 19.5 Å². The molecule has 2 aliphatic heterocycles. The number of likely N-dealkylation sites (tertiary alicyclic amines) is 1. The number of esters is 2. The molecule has 3 aliphatic rings. The molecule has 35 heavy (non-hydrogen) atoms. The summed E-state index contributed by atoms with van der Waals surface area (Å²) >= 11 is -0.110. The summed E-state index contributed by atoms with van der Waals surface area (Å²) in [4.78, 5) is 40.0. The van der Waals surface area contributed by atoms with Crippen LogP contribution in [0.3, 0.4) is 0 Å². The van der Waals surface area contributed by atoms with Crippen LogP contribution in [0.2, 0.25) is 4.82 Å². The Kier molecular flexibility index (Phi) is 6.57. The van der Waals surface area contributed by atoms with E-state index in [4.69, 9.17) is 14.2 Å². The van der Waals surface area contributed by atoms with Crippen molar-refractivity contribution in [3.63, 3.8) is 0 Å². The van der Waals surface area contributed by atoms with Crippen LogP contribution in [0.25, 0.3) is 0 Å². The number of aliphatic hydroxyl groups is 1. The molecule has 0 radical (unpaired) electrons. The standard InChI is InChI=1S/C26H27NO7Se/c1-32-24(30)19-14-26-18(12-22(28)34-26)23(29)20(35-17-10-6-3-7-11-17)13-21(26)27(19)25(31)33-15-16-8-4-2-5-9-16/h2-11,18-21,23,29H,12-15H2,1H3/t18-,19+,20+,21-,23+,26-/m1/s1. The molecule has 1 saturated carbocycles. The van der Waals surface area contributed by atoms with E-state index in [1.165, 1.54) is 12.0 Å². The van der Waals surface area contributed by atoms with E-state index >= 15 is 0 Å². The summed E-state index contributed by atoms with van der Waals surface area (Å²) in [5.74, 6) is -1.52. The molecule has 2 saturated heterocycles. The number of ether oxygens (including phenoxy) is 3. The fourth-order valence-electron chi connectivity index (χ4n) is 5.69. The average Bonchev–Trinajstić information content (AvgIpc) is 3.39. The third-order valence-electron chi connectivity index (χ3n) is 7.23. The molecule has 5 rings (SSSR count). The van der Waals surface area contributed by atoms with Crippen LogP contribution in [-0.4, -0.2) is 73.9 Å². The second kappa shape index (κ2) is 9.64. The van der Waals surface area contributed by atoms with Gasteiger partial charge in [-0.25, -0.2) is 0 Å². The molecule has 0 aromatic heterocycles. The van der Waals surface area contributed by atoms with Gasteiger partial charge in [-0.15, -0.1) is 0 Å². The zero-order chi connectivity index (χ0) is 24.6. The first-order chi connectivity index (χ1) is 16.9. The van der Waals surface area contributed by atoms with Crippen LogP contribution in [0.1, 0.15) is 24.8 Å². The second-order valence-corrected chi connectivity index (χ2v) is 11.9. The van der Waals surface area contributed by atoms with Gasteiger partial charge in [-0.1, -0.05) is 0 Å². The van der Waals surface area contributed by atoms with Crippen LogP contribution in [-0.2, 0) is 30.4 Å². The third kappa shape index (κ3) is 4.33. The molecule has 1 N–H and O–H groups in total. The van der Waals surface area contributed by atoms with Gasteiger partial charge >= 0.3 is 210 Å². The van der Waals surface area contributed by atoms with Gasteiger partial charge in [0.25, 0.3) is 0 Å². The van der Waals surface area contributed by atoms with Gasteiger partial charge < -0.3 is 0 Å². The molecule has 3 fully saturated rings. The average molecular weight is 544 g/mol. The molecule has 0 bridgehead atoms. The minimum absolute atomic E-state index is 0.0486. The molecule has 6 atom stereocenters.